The van der Waals surface area contributed by atoms with Crippen molar-refractivity contribution in [2.75, 3.05) is 24.1 Å². The number of carbonyl (C=O) groups excluding carboxylic acids is 2. The van der Waals surface area contributed by atoms with Crippen LogP contribution in [0.2, 0.25) is 0 Å². The Bertz CT molecular complexity index is 1650. The van der Waals surface area contributed by atoms with Crippen LogP contribution in [-0.2, 0) is 10.9 Å². The standard InChI is InChI=1S/C29H30F3N7O3/c1-28(2,3)42-27(41)38-12-6-11-21(15-38)39-25-22(24(33)34-16-35-25)23(37-39)17-7-4-8-18(13-17)26(40)36-20-10-5-9-19(14-20)29(30,31)32/h4-5,7-10,13-14,16,21H,6,11-12,15H2,1-3H3,(H,36,40)(H2,33,34,35)/t21-/m1/s1. The molecule has 0 radical (unpaired) electrons. The van der Waals surface area contributed by atoms with Crippen LogP contribution >= 0.6 is 0 Å². The third-order valence-electron chi connectivity index (χ3n) is 6.76. The van der Waals surface area contributed by atoms with Crippen molar-refractivity contribution in [3.05, 3.63) is 66.0 Å². The topological polar surface area (TPSA) is 128 Å². The summed E-state index contributed by atoms with van der Waals surface area (Å²) in [6.07, 6.45) is -2.14. The third kappa shape index (κ3) is 6.14. The Morgan fingerprint density at radius 1 is 1.07 bits per heavy atom. The number of rotatable bonds is 4. The van der Waals surface area contributed by atoms with Crippen LogP contribution in [0.25, 0.3) is 22.3 Å². The third-order valence-corrected chi connectivity index (χ3v) is 6.76. The molecule has 0 spiro atoms. The van der Waals surface area contributed by atoms with Crippen molar-refractivity contribution in [2.45, 2.75) is 51.4 Å². The summed E-state index contributed by atoms with van der Waals surface area (Å²) in [5.74, 6) is -0.399. The minimum absolute atomic E-state index is 0.0134. The first-order chi connectivity index (χ1) is 19.8. The van der Waals surface area contributed by atoms with Crippen molar-refractivity contribution in [3.63, 3.8) is 0 Å². The van der Waals surface area contributed by atoms with Gasteiger partial charge in [-0.3, -0.25) is 4.79 Å². The summed E-state index contributed by atoms with van der Waals surface area (Å²) in [5.41, 5.74) is 6.45. The van der Waals surface area contributed by atoms with Crippen LogP contribution < -0.4 is 11.1 Å². The number of alkyl halides is 3. The molecule has 220 valence electrons. The fourth-order valence-electron chi connectivity index (χ4n) is 4.88. The first-order valence-electron chi connectivity index (χ1n) is 13.4. The van der Waals surface area contributed by atoms with E-state index in [9.17, 15) is 22.8 Å². The normalized spacial score (nSPS) is 16.0. The summed E-state index contributed by atoms with van der Waals surface area (Å²) in [6.45, 7) is 6.35. The molecule has 2 aromatic carbocycles. The van der Waals surface area contributed by atoms with E-state index in [0.717, 1.165) is 25.0 Å². The molecule has 0 unspecified atom stereocenters. The van der Waals surface area contributed by atoms with E-state index < -0.39 is 29.3 Å². The number of amides is 2. The van der Waals surface area contributed by atoms with E-state index >= 15 is 0 Å². The average Bonchev–Trinajstić information content (AvgIpc) is 3.33. The molecule has 3 heterocycles. The van der Waals surface area contributed by atoms with E-state index in [4.69, 9.17) is 15.6 Å². The monoisotopic (exact) mass is 581 g/mol. The van der Waals surface area contributed by atoms with Crippen molar-refractivity contribution >= 4 is 34.5 Å². The number of aromatic nitrogens is 4. The van der Waals surface area contributed by atoms with E-state index in [2.05, 4.69) is 15.3 Å². The summed E-state index contributed by atoms with van der Waals surface area (Å²) in [5, 5.41) is 7.85. The predicted octanol–water partition coefficient (Wildman–Crippen LogP) is 5.92. The summed E-state index contributed by atoms with van der Waals surface area (Å²) in [4.78, 5) is 36.0. The number of likely N-dealkylation sites (tertiary alicyclic amines) is 1. The van der Waals surface area contributed by atoms with Gasteiger partial charge in [0.1, 0.15) is 23.4 Å². The summed E-state index contributed by atoms with van der Waals surface area (Å²) < 4.78 is 46.7. The van der Waals surface area contributed by atoms with Gasteiger partial charge in [0.05, 0.1) is 17.0 Å². The van der Waals surface area contributed by atoms with Crippen LogP contribution in [0.3, 0.4) is 0 Å². The molecular weight excluding hydrogens is 551 g/mol. The smallest absolute Gasteiger partial charge is 0.416 e. The molecule has 5 rings (SSSR count). The molecule has 1 fully saturated rings. The van der Waals surface area contributed by atoms with E-state index in [1.165, 1.54) is 18.5 Å². The minimum atomic E-state index is -4.54. The number of ether oxygens (including phenoxy) is 1. The Morgan fingerprint density at radius 3 is 2.57 bits per heavy atom. The Morgan fingerprint density at radius 2 is 1.83 bits per heavy atom. The molecule has 2 aromatic heterocycles. The second-order valence-corrected chi connectivity index (χ2v) is 11.1. The molecule has 0 aliphatic carbocycles. The van der Waals surface area contributed by atoms with Crippen LogP contribution in [-0.4, -0.2) is 55.3 Å². The number of fused-ring (bicyclic) bond motifs is 1. The summed E-state index contributed by atoms with van der Waals surface area (Å²) in [6, 6.07) is 10.7. The molecule has 0 bridgehead atoms. The van der Waals surface area contributed by atoms with Gasteiger partial charge in [-0.1, -0.05) is 18.2 Å². The highest BCUT2D eigenvalue weighted by atomic mass is 19.4. The van der Waals surface area contributed by atoms with Gasteiger partial charge in [0, 0.05) is 29.9 Å². The SMILES string of the molecule is CC(C)(C)OC(=O)N1CCC[C@@H](n2nc(-c3cccc(C(=O)Nc4cccc(C(F)(F)F)c4)c3)c3c(N)ncnc32)C1. The quantitative estimate of drug-likeness (QED) is 0.306. The minimum Gasteiger partial charge on any atom is -0.444 e. The highest BCUT2D eigenvalue weighted by Crippen LogP contribution is 2.35. The van der Waals surface area contributed by atoms with Gasteiger partial charge in [0.15, 0.2) is 5.65 Å². The van der Waals surface area contributed by atoms with Gasteiger partial charge in [-0.2, -0.15) is 18.3 Å². The lowest BCUT2D eigenvalue weighted by Gasteiger charge is -2.34. The number of hydrogen-bond donors (Lipinski definition) is 2. The Labute approximate surface area is 239 Å². The first kappa shape index (κ1) is 28.8. The predicted molar refractivity (Wildman–Crippen MR) is 151 cm³/mol. The van der Waals surface area contributed by atoms with Crippen LogP contribution in [0.15, 0.2) is 54.9 Å². The number of piperidine rings is 1. The molecule has 1 saturated heterocycles. The zero-order valence-electron chi connectivity index (χ0n) is 23.3. The number of carbonyl (C=O) groups is 2. The number of benzene rings is 2. The number of halogens is 3. The zero-order valence-corrected chi connectivity index (χ0v) is 23.3. The van der Waals surface area contributed by atoms with Gasteiger partial charge < -0.3 is 20.7 Å². The largest absolute Gasteiger partial charge is 0.444 e. The lowest BCUT2D eigenvalue weighted by molar-refractivity contribution is -0.137. The number of nitrogens with zero attached hydrogens (tertiary/aromatic N) is 5. The zero-order chi connectivity index (χ0) is 30.2. The molecule has 13 heteroatoms. The maximum Gasteiger partial charge on any atom is 0.416 e. The lowest BCUT2D eigenvalue weighted by atomic mass is 10.1. The number of nitrogens with one attached hydrogen (secondary N) is 1. The summed E-state index contributed by atoms with van der Waals surface area (Å²) in [7, 11) is 0. The Kier molecular flexibility index (Phi) is 7.52. The van der Waals surface area contributed by atoms with Gasteiger partial charge >= 0.3 is 12.3 Å². The molecule has 1 atom stereocenters. The number of nitrogen functional groups attached to an aromatic ring is 1. The van der Waals surface area contributed by atoms with Crippen molar-refractivity contribution < 1.29 is 27.5 Å². The van der Waals surface area contributed by atoms with E-state index in [1.54, 1.807) is 33.8 Å². The van der Waals surface area contributed by atoms with Crippen molar-refractivity contribution in [1.29, 1.82) is 0 Å². The lowest BCUT2D eigenvalue weighted by Crippen LogP contribution is -2.43. The van der Waals surface area contributed by atoms with E-state index in [0.29, 0.717) is 35.4 Å². The molecule has 1 aliphatic rings. The summed E-state index contributed by atoms with van der Waals surface area (Å²) >= 11 is 0. The number of nitrogens with two attached hydrogens (primary N) is 1. The molecule has 3 N–H and O–H groups in total. The second-order valence-electron chi connectivity index (χ2n) is 11.1. The van der Waals surface area contributed by atoms with Crippen molar-refractivity contribution in [2.24, 2.45) is 0 Å². The molecule has 42 heavy (non-hydrogen) atoms. The van der Waals surface area contributed by atoms with Crippen LogP contribution in [0.4, 0.5) is 29.5 Å². The van der Waals surface area contributed by atoms with Gasteiger partial charge in [0.25, 0.3) is 5.91 Å². The molecule has 10 nitrogen and oxygen atoms in total. The average molecular weight is 582 g/mol. The van der Waals surface area contributed by atoms with Gasteiger partial charge in [-0.05, 0) is 63.9 Å². The fraction of sp³-hybridized carbons (Fsp3) is 0.345. The van der Waals surface area contributed by atoms with Gasteiger partial charge in [-0.25, -0.2) is 19.4 Å². The van der Waals surface area contributed by atoms with Gasteiger partial charge in [0.2, 0.25) is 0 Å². The molecular formula is C29H30F3N7O3. The Hall–Kier alpha value is -4.68. The van der Waals surface area contributed by atoms with Crippen LogP contribution in [0, 0.1) is 0 Å². The van der Waals surface area contributed by atoms with Crippen LogP contribution in [0.1, 0.15) is 55.6 Å². The number of anilines is 2. The van der Waals surface area contributed by atoms with E-state index in [-0.39, 0.29) is 23.1 Å². The van der Waals surface area contributed by atoms with Crippen molar-refractivity contribution in [1.82, 2.24) is 24.6 Å². The van der Waals surface area contributed by atoms with Gasteiger partial charge in [-0.15, -0.1) is 0 Å². The molecule has 0 saturated carbocycles. The Balaban J connectivity index is 1.46. The maximum atomic E-state index is 13.1. The number of hydrogen-bond acceptors (Lipinski definition) is 7. The molecule has 1 aliphatic heterocycles. The first-order valence-corrected chi connectivity index (χ1v) is 13.4. The highest BCUT2D eigenvalue weighted by Gasteiger charge is 2.32. The second kappa shape index (κ2) is 11.0. The molecule has 2 amide bonds. The van der Waals surface area contributed by atoms with E-state index in [1.807, 2.05) is 20.8 Å². The van der Waals surface area contributed by atoms with Crippen LogP contribution in [0.5, 0.6) is 0 Å². The molecule has 4 aromatic rings. The maximum absolute atomic E-state index is 13.1. The fourth-order valence-corrected chi connectivity index (χ4v) is 4.88. The highest BCUT2D eigenvalue weighted by molar-refractivity contribution is 6.06. The van der Waals surface area contributed by atoms with Crippen molar-refractivity contribution in [3.8, 4) is 11.3 Å².